The molecule has 0 aliphatic carbocycles. The fraction of sp³-hybridized carbons (Fsp3) is 0.138. The predicted octanol–water partition coefficient (Wildman–Crippen LogP) is 6.83. The van der Waals surface area contributed by atoms with Gasteiger partial charge in [0.2, 0.25) is 0 Å². The molecule has 0 spiro atoms. The molecule has 4 aromatic carbocycles. The molecular formula is C29H26INO4. The quantitative estimate of drug-likeness (QED) is 0.215. The normalized spacial score (nSPS) is 10.5. The van der Waals surface area contributed by atoms with Gasteiger partial charge in [0.15, 0.2) is 0 Å². The number of hydrogen-bond donors (Lipinski definition) is 0. The highest BCUT2D eigenvalue weighted by Crippen LogP contribution is 2.38. The Morgan fingerprint density at radius 1 is 0.771 bits per heavy atom. The van der Waals surface area contributed by atoms with Crippen molar-refractivity contribution >= 4 is 34.2 Å². The first-order valence-electron chi connectivity index (χ1n) is 11.1. The summed E-state index contributed by atoms with van der Waals surface area (Å²) in [7, 11) is 4.90. The van der Waals surface area contributed by atoms with E-state index in [1.165, 1.54) is 0 Å². The molecule has 5 nitrogen and oxygen atoms in total. The maximum absolute atomic E-state index is 13.9. The maximum atomic E-state index is 13.9. The molecule has 0 fully saturated rings. The number of methoxy groups -OCH3 is 3. The molecule has 0 aliphatic rings. The van der Waals surface area contributed by atoms with E-state index >= 15 is 0 Å². The zero-order chi connectivity index (χ0) is 24.8. The van der Waals surface area contributed by atoms with Crippen LogP contribution in [0.1, 0.15) is 15.9 Å². The van der Waals surface area contributed by atoms with E-state index in [-0.39, 0.29) is 5.91 Å². The lowest BCUT2D eigenvalue weighted by Crippen LogP contribution is -2.31. The van der Waals surface area contributed by atoms with Gasteiger partial charge in [0.05, 0.1) is 33.4 Å². The average Bonchev–Trinajstić information content (AvgIpc) is 2.91. The number of nitrogens with zero attached hydrogens (tertiary/aromatic N) is 1. The topological polar surface area (TPSA) is 48.0 Å². The minimum Gasteiger partial charge on any atom is -0.497 e. The van der Waals surface area contributed by atoms with E-state index < -0.39 is 0 Å². The Morgan fingerprint density at radius 2 is 1.43 bits per heavy atom. The van der Waals surface area contributed by atoms with Gasteiger partial charge in [0.1, 0.15) is 17.2 Å². The van der Waals surface area contributed by atoms with Gasteiger partial charge in [-0.05, 0) is 76.2 Å². The lowest BCUT2D eigenvalue weighted by Gasteiger charge is -2.26. The molecule has 0 saturated carbocycles. The van der Waals surface area contributed by atoms with Crippen molar-refractivity contribution in [3.8, 4) is 28.4 Å². The first-order chi connectivity index (χ1) is 17.0. The summed E-state index contributed by atoms with van der Waals surface area (Å²) < 4.78 is 17.6. The van der Waals surface area contributed by atoms with Crippen molar-refractivity contribution in [3.63, 3.8) is 0 Å². The van der Waals surface area contributed by atoms with E-state index in [0.717, 1.165) is 31.7 Å². The minimum absolute atomic E-state index is 0.0836. The molecule has 1 amide bonds. The Morgan fingerprint density at radius 3 is 2.06 bits per heavy atom. The van der Waals surface area contributed by atoms with Crippen molar-refractivity contribution < 1.29 is 19.0 Å². The highest BCUT2D eigenvalue weighted by molar-refractivity contribution is 14.1. The first-order valence-corrected chi connectivity index (χ1v) is 12.1. The van der Waals surface area contributed by atoms with E-state index in [1.54, 1.807) is 26.2 Å². The fourth-order valence-corrected chi connectivity index (χ4v) is 4.56. The molecule has 0 radical (unpaired) electrons. The first kappa shape index (κ1) is 24.6. The second kappa shape index (κ2) is 11.3. The molecule has 35 heavy (non-hydrogen) atoms. The van der Waals surface area contributed by atoms with Crippen molar-refractivity contribution in [2.45, 2.75) is 6.54 Å². The number of para-hydroxylation sites is 1. The minimum atomic E-state index is -0.0836. The Labute approximate surface area is 219 Å². The predicted molar refractivity (Wildman–Crippen MR) is 148 cm³/mol. The van der Waals surface area contributed by atoms with E-state index in [0.29, 0.717) is 23.6 Å². The van der Waals surface area contributed by atoms with Crippen LogP contribution in [-0.2, 0) is 6.54 Å². The molecule has 0 unspecified atom stereocenters. The van der Waals surface area contributed by atoms with Gasteiger partial charge in [-0.25, -0.2) is 0 Å². The van der Waals surface area contributed by atoms with Crippen molar-refractivity contribution in [1.82, 2.24) is 0 Å². The van der Waals surface area contributed by atoms with Crippen LogP contribution in [0.25, 0.3) is 11.1 Å². The maximum Gasteiger partial charge on any atom is 0.259 e. The van der Waals surface area contributed by atoms with Crippen LogP contribution in [0.2, 0.25) is 0 Å². The molecule has 0 N–H and O–H groups in total. The van der Waals surface area contributed by atoms with Crippen molar-refractivity contribution in [3.05, 3.63) is 106 Å². The SMILES string of the molecule is COc1ccc(-c2cc(OC)cc(OC)c2CN(C(=O)c2ccccc2I)c2ccccc2)cc1. The summed E-state index contributed by atoms with van der Waals surface area (Å²) in [6.07, 6.45) is 0. The van der Waals surface area contributed by atoms with E-state index in [2.05, 4.69) is 22.6 Å². The average molecular weight is 579 g/mol. The van der Waals surface area contributed by atoms with E-state index in [1.807, 2.05) is 91.0 Å². The number of benzene rings is 4. The van der Waals surface area contributed by atoms with Crippen LogP contribution in [0, 0.1) is 3.57 Å². The fourth-order valence-electron chi connectivity index (χ4n) is 3.94. The largest absolute Gasteiger partial charge is 0.497 e. The van der Waals surface area contributed by atoms with Crippen LogP contribution in [0.4, 0.5) is 5.69 Å². The van der Waals surface area contributed by atoms with Gasteiger partial charge in [-0.1, -0.05) is 42.5 Å². The monoisotopic (exact) mass is 579 g/mol. The summed E-state index contributed by atoms with van der Waals surface area (Å²) in [5, 5.41) is 0. The summed E-state index contributed by atoms with van der Waals surface area (Å²) in [6.45, 7) is 0.308. The second-order valence-electron chi connectivity index (χ2n) is 7.79. The number of anilines is 1. The van der Waals surface area contributed by atoms with Crippen LogP contribution in [0.15, 0.2) is 91.0 Å². The van der Waals surface area contributed by atoms with Crippen LogP contribution < -0.4 is 19.1 Å². The molecule has 6 heteroatoms. The molecule has 4 aromatic rings. The van der Waals surface area contributed by atoms with Crippen molar-refractivity contribution in [2.75, 3.05) is 26.2 Å². The van der Waals surface area contributed by atoms with Gasteiger partial charge in [0, 0.05) is 20.9 Å². The van der Waals surface area contributed by atoms with Gasteiger partial charge < -0.3 is 19.1 Å². The van der Waals surface area contributed by atoms with E-state index in [4.69, 9.17) is 14.2 Å². The molecule has 0 aliphatic heterocycles. The lowest BCUT2D eigenvalue weighted by atomic mass is 9.97. The van der Waals surface area contributed by atoms with Crippen LogP contribution in [0.3, 0.4) is 0 Å². The molecule has 4 rings (SSSR count). The molecule has 0 aromatic heterocycles. The Balaban J connectivity index is 1.87. The number of hydrogen-bond acceptors (Lipinski definition) is 4. The summed E-state index contributed by atoms with van der Waals surface area (Å²) >= 11 is 2.20. The summed E-state index contributed by atoms with van der Waals surface area (Å²) in [5.74, 6) is 2.00. The third-order valence-corrected chi connectivity index (χ3v) is 6.71. The number of carbonyl (C=O) groups is 1. The molecule has 0 bridgehead atoms. The number of ether oxygens (including phenoxy) is 3. The number of rotatable bonds is 8. The van der Waals surface area contributed by atoms with Crippen molar-refractivity contribution in [1.29, 1.82) is 0 Å². The van der Waals surface area contributed by atoms with Crippen LogP contribution in [-0.4, -0.2) is 27.2 Å². The van der Waals surface area contributed by atoms with Gasteiger partial charge >= 0.3 is 0 Å². The van der Waals surface area contributed by atoms with Gasteiger partial charge in [-0.3, -0.25) is 4.79 Å². The summed E-state index contributed by atoms with van der Waals surface area (Å²) in [5.41, 5.74) is 4.21. The van der Waals surface area contributed by atoms with Crippen molar-refractivity contribution in [2.24, 2.45) is 0 Å². The van der Waals surface area contributed by atoms with E-state index in [9.17, 15) is 4.79 Å². The number of halogens is 1. The second-order valence-corrected chi connectivity index (χ2v) is 8.95. The molecule has 0 atom stereocenters. The Kier molecular flexibility index (Phi) is 7.92. The Hall–Kier alpha value is -3.52. The summed E-state index contributed by atoms with van der Waals surface area (Å²) in [4.78, 5) is 15.7. The number of carbonyl (C=O) groups excluding carboxylic acids is 1. The van der Waals surface area contributed by atoms with Crippen LogP contribution >= 0.6 is 22.6 Å². The Bertz CT molecular complexity index is 1310. The van der Waals surface area contributed by atoms with Gasteiger partial charge in [0.25, 0.3) is 5.91 Å². The number of amides is 1. The smallest absolute Gasteiger partial charge is 0.259 e. The lowest BCUT2D eigenvalue weighted by molar-refractivity contribution is 0.0984. The molecule has 0 saturated heterocycles. The molecular weight excluding hydrogens is 553 g/mol. The van der Waals surface area contributed by atoms with Gasteiger partial charge in [-0.15, -0.1) is 0 Å². The molecule has 178 valence electrons. The third kappa shape index (κ3) is 5.43. The summed E-state index contributed by atoms with van der Waals surface area (Å²) in [6, 6.07) is 28.9. The highest BCUT2D eigenvalue weighted by Gasteiger charge is 2.24. The zero-order valence-corrected chi connectivity index (χ0v) is 22.0. The third-order valence-electron chi connectivity index (χ3n) is 5.77. The van der Waals surface area contributed by atoms with Gasteiger partial charge in [-0.2, -0.15) is 0 Å². The highest BCUT2D eigenvalue weighted by atomic mass is 127. The standard InChI is InChI=1S/C29H26INO4/c1-33-22-15-13-20(14-16-22)25-17-23(34-2)18-28(35-3)26(25)19-31(21-9-5-4-6-10-21)29(32)24-11-7-8-12-27(24)30/h4-18H,19H2,1-3H3. The van der Waals surface area contributed by atoms with Crippen LogP contribution in [0.5, 0.6) is 17.2 Å². The molecule has 0 heterocycles. The zero-order valence-electron chi connectivity index (χ0n) is 19.8.